The molecule has 5 aliphatic rings. The van der Waals surface area contributed by atoms with Crippen LogP contribution in [0.1, 0.15) is 40.5 Å². The van der Waals surface area contributed by atoms with Crippen LogP contribution in [0, 0.1) is 28.1 Å². The van der Waals surface area contributed by atoms with Crippen LogP contribution in [0.2, 0.25) is 0 Å². The van der Waals surface area contributed by atoms with Gasteiger partial charge >= 0.3 is 5.97 Å². The molecule has 5 unspecified atom stereocenters. The van der Waals surface area contributed by atoms with Crippen molar-refractivity contribution >= 4 is 21.9 Å². The number of aliphatic hydroxyl groups is 1. The van der Waals surface area contributed by atoms with E-state index in [0.29, 0.717) is 11.2 Å². The first-order valence-corrected chi connectivity index (χ1v) is 9.40. The van der Waals surface area contributed by atoms with Crippen molar-refractivity contribution in [3.8, 4) is 0 Å². The van der Waals surface area contributed by atoms with Gasteiger partial charge in [-0.2, -0.15) is 0 Å². The van der Waals surface area contributed by atoms with E-state index in [2.05, 4.69) is 43.6 Å². The molecule has 122 valence electrons. The van der Waals surface area contributed by atoms with Gasteiger partial charge in [0.25, 0.3) is 0 Å². The fourth-order valence-corrected chi connectivity index (χ4v) is 8.05. The van der Waals surface area contributed by atoms with E-state index in [-0.39, 0.29) is 22.9 Å². The maximum absolute atomic E-state index is 12.6. The lowest BCUT2D eigenvalue weighted by atomic mass is 9.46. The molecular weight excluding hydrogens is 348 g/mol. The minimum atomic E-state index is -0.666. The molecule has 0 aromatic heterocycles. The van der Waals surface area contributed by atoms with Gasteiger partial charge in [-0.3, -0.25) is 4.79 Å². The highest BCUT2D eigenvalue weighted by Crippen LogP contribution is 2.88. The molecule has 5 fully saturated rings. The number of hydrogen-bond donors (Lipinski definition) is 1. The fourth-order valence-electron chi connectivity index (χ4n) is 7.59. The van der Waals surface area contributed by atoms with Crippen LogP contribution < -0.4 is 0 Å². The first-order valence-electron chi connectivity index (χ1n) is 8.28. The SMILES string of the molecule is CC1(C)C2C(O)C3OC(=O)[C@]45C[C@@H]4CC1(O[C@]2(C)CBr)C35C. The summed E-state index contributed by atoms with van der Waals surface area (Å²) in [6, 6.07) is 0. The van der Waals surface area contributed by atoms with E-state index < -0.39 is 28.6 Å². The summed E-state index contributed by atoms with van der Waals surface area (Å²) >= 11 is 3.61. The molecule has 5 rings (SSSR count). The van der Waals surface area contributed by atoms with Crippen molar-refractivity contribution in [3.63, 3.8) is 0 Å². The standard InChI is InChI=1S/C17H23BrO4/c1-13(2)10-9(19)11-15(4)16(12(20)21-11)5-8(16)6-17(13,15)22-14(10,3)7-18/h8-11,19H,5-7H2,1-4H3/t8-,9?,10?,11?,14-,15?,16+,17?/m1/s1. The summed E-state index contributed by atoms with van der Waals surface area (Å²) in [5.74, 6) is 0.226. The molecule has 0 amide bonds. The molecule has 2 aliphatic heterocycles. The minimum Gasteiger partial charge on any atom is -0.458 e. The van der Waals surface area contributed by atoms with Crippen LogP contribution in [0.5, 0.6) is 0 Å². The van der Waals surface area contributed by atoms with E-state index in [4.69, 9.17) is 9.47 Å². The number of carbonyl (C=O) groups is 1. The molecule has 2 saturated heterocycles. The smallest absolute Gasteiger partial charge is 0.313 e. The number of halogens is 1. The molecule has 2 bridgehead atoms. The number of carbonyl (C=O) groups excluding carboxylic acids is 1. The fraction of sp³-hybridized carbons (Fsp3) is 0.941. The van der Waals surface area contributed by atoms with Crippen LogP contribution in [-0.4, -0.2) is 39.8 Å². The Morgan fingerprint density at radius 2 is 1.95 bits per heavy atom. The van der Waals surface area contributed by atoms with Crippen molar-refractivity contribution in [3.05, 3.63) is 0 Å². The van der Waals surface area contributed by atoms with Crippen molar-refractivity contribution in [2.45, 2.75) is 63.9 Å². The molecule has 4 nitrogen and oxygen atoms in total. The lowest BCUT2D eigenvalue weighted by molar-refractivity contribution is -0.218. The van der Waals surface area contributed by atoms with Crippen LogP contribution >= 0.6 is 15.9 Å². The predicted octanol–water partition coefficient (Wildman–Crippen LogP) is 2.27. The molecule has 3 aliphatic carbocycles. The van der Waals surface area contributed by atoms with Gasteiger partial charge in [-0.15, -0.1) is 0 Å². The maximum atomic E-state index is 12.6. The molecule has 2 spiro atoms. The van der Waals surface area contributed by atoms with Crippen LogP contribution in [0.3, 0.4) is 0 Å². The van der Waals surface area contributed by atoms with E-state index >= 15 is 0 Å². The Labute approximate surface area is 139 Å². The van der Waals surface area contributed by atoms with Gasteiger partial charge in [0.15, 0.2) is 0 Å². The summed E-state index contributed by atoms with van der Waals surface area (Å²) in [4.78, 5) is 12.6. The van der Waals surface area contributed by atoms with Crippen molar-refractivity contribution in [2.24, 2.45) is 28.1 Å². The minimum absolute atomic E-state index is 0.0436. The van der Waals surface area contributed by atoms with Gasteiger partial charge in [0, 0.05) is 16.7 Å². The molecule has 2 heterocycles. The zero-order valence-corrected chi connectivity index (χ0v) is 15.1. The number of rotatable bonds is 1. The average Bonchev–Trinajstić information content (AvgIpc) is 3.00. The molecule has 3 saturated carbocycles. The Morgan fingerprint density at radius 3 is 2.59 bits per heavy atom. The second-order valence-electron chi connectivity index (χ2n) is 9.17. The zero-order valence-electron chi connectivity index (χ0n) is 13.5. The Kier molecular flexibility index (Phi) is 2.14. The molecule has 1 N–H and O–H groups in total. The Morgan fingerprint density at radius 1 is 1.27 bits per heavy atom. The first kappa shape index (κ1) is 14.2. The van der Waals surface area contributed by atoms with Crippen LogP contribution in [0.25, 0.3) is 0 Å². The van der Waals surface area contributed by atoms with Crippen molar-refractivity contribution in [2.75, 3.05) is 5.33 Å². The van der Waals surface area contributed by atoms with Crippen molar-refractivity contribution < 1.29 is 19.4 Å². The van der Waals surface area contributed by atoms with Gasteiger partial charge < -0.3 is 14.6 Å². The number of esters is 1. The summed E-state index contributed by atoms with van der Waals surface area (Å²) in [6.45, 7) is 8.68. The monoisotopic (exact) mass is 370 g/mol. The quantitative estimate of drug-likeness (QED) is 0.568. The van der Waals surface area contributed by atoms with Crippen LogP contribution in [0.4, 0.5) is 0 Å². The van der Waals surface area contributed by atoms with Gasteiger partial charge in [-0.05, 0) is 25.7 Å². The third-order valence-corrected chi connectivity index (χ3v) is 9.49. The van der Waals surface area contributed by atoms with E-state index in [1.807, 2.05) is 0 Å². The Hall–Kier alpha value is -0.130. The van der Waals surface area contributed by atoms with Crippen LogP contribution in [0.15, 0.2) is 0 Å². The lowest BCUT2D eigenvalue weighted by Gasteiger charge is -2.57. The Bertz CT molecular complexity index is 620. The van der Waals surface area contributed by atoms with Gasteiger partial charge in [0.2, 0.25) is 0 Å². The number of aliphatic hydroxyl groups excluding tert-OH is 1. The van der Waals surface area contributed by atoms with E-state index in [0.717, 1.165) is 12.8 Å². The van der Waals surface area contributed by atoms with Gasteiger partial charge in [0.05, 0.1) is 28.1 Å². The molecule has 0 aromatic carbocycles. The van der Waals surface area contributed by atoms with Crippen molar-refractivity contribution in [1.29, 1.82) is 0 Å². The second kappa shape index (κ2) is 3.31. The van der Waals surface area contributed by atoms with E-state index in [9.17, 15) is 9.90 Å². The third kappa shape index (κ3) is 0.960. The summed E-state index contributed by atoms with van der Waals surface area (Å²) in [6.07, 6.45) is 0.739. The molecule has 0 aromatic rings. The molecule has 22 heavy (non-hydrogen) atoms. The number of ether oxygens (including phenoxy) is 2. The average molecular weight is 371 g/mol. The summed E-state index contributed by atoms with van der Waals surface area (Å²) in [5, 5.41) is 11.8. The highest BCUT2D eigenvalue weighted by Gasteiger charge is 2.95. The summed E-state index contributed by atoms with van der Waals surface area (Å²) < 4.78 is 12.6. The highest BCUT2D eigenvalue weighted by atomic mass is 79.9. The molecule has 5 heteroatoms. The van der Waals surface area contributed by atoms with E-state index in [1.54, 1.807) is 0 Å². The summed E-state index contributed by atoms with van der Waals surface area (Å²) in [5.41, 5.74) is -1.82. The number of alkyl halides is 1. The number of hydrogen-bond acceptors (Lipinski definition) is 4. The molecule has 0 radical (unpaired) electrons. The Balaban J connectivity index is 1.81. The largest absolute Gasteiger partial charge is 0.458 e. The number of fused-ring (bicyclic) bond motifs is 1. The maximum Gasteiger partial charge on any atom is 0.313 e. The summed E-state index contributed by atoms with van der Waals surface area (Å²) in [7, 11) is 0. The van der Waals surface area contributed by atoms with Gasteiger partial charge in [-0.25, -0.2) is 0 Å². The molecule has 8 atom stereocenters. The zero-order chi connectivity index (χ0) is 15.9. The normalized spacial score (nSPS) is 66.0. The third-order valence-electron chi connectivity index (χ3n) is 8.37. The highest BCUT2D eigenvalue weighted by molar-refractivity contribution is 9.09. The van der Waals surface area contributed by atoms with E-state index in [1.165, 1.54) is 0 Å². The van der Waals surface area contributed by atoms with Gasteiger partial charge in [-0.1, -0.05) is 36.7 Å². The predicted molar refractivity (Wildman–Crippen MR) is 82.4 cm³/mol. The van der Waals surface area contributed by atoms with Gasteiger partial charge in [0.1, 0.15) is 6.10 Å². The topological polar surface area (TPSA) is 55.8 Å². The first-order chi connectivity index (χ1) is 10.1. The lowest BCUT2D eigenvalue weighted by Crippen LogP contribution is -2.67. The van der Waals surface area contributed by atoms with Crippen LogP contribution in [-0.2, 0) is 14.3 Å². The molecular formula is C17H23BrO4. The van der Waals surface area contributed by atoms with Crippen molar-refractivity contribution in [1.82, 2.24) is 0 Å². The second-order valence-corrected chi connectivity index (χ2v) is 9.73.